The van der Waals surface area contributed by atoms with E-state index >= 15 is 0 Å². The van der Waals surface area contributed by atoms with Crippen LogP contribution in [0.2, 0.25) is 0 Å². The van der Waals surface area contributed by atoms with Gasteiger partial charge in [0.05, 0.1) is 5.75 Å². The van der Waals surface area contributed by atoms with Crippen LogP contribution in [0.5, 0.6) is 0 Å². The topological polar surface area (TPSA) is 87.3 Å². The number of hydrogen-bond donors (Lipinski definition) is 3. The summed E-state index contributed by atoms with van der Waals surface area (Å²) in [5.41, 5.74) is 3.85. The quantitative estimate of drug-likeness (QED) is 0.124. The van der Waals surface area contributed by atoms with Gasteiger partial charge in [0.2, 0.25) is 5.91 Å². The first-order valence-corrected chi connectivity index (χ1v) is 14.8. The molecule has 0 heterocycles. The van der Waals surface area contributed by atoms with Crippen LogP contribution in [0.3, 0.4) is 0 Å². The van der Waals surface area contributed by atoms with E-state index in [1.807, 2.05) is 66.7 Å². The van der Waals surface area contributed by atoms with Crippen molar-refractivity contribution in [2.75, 3.05) is 16.4 Å². The minimum atomic E-state index is -0.448. The van der Waals surface area contributed by atoms with E-state index in [2.05, 4.69) is 45.7 Å². The molecule has 0 atom stereocenters. The molecule has 0 bridgehead atoms. The molecule has 3 amide bonds. The first-order valence-electron chi connectivity index (χ1n) is 13.0. The van der Waals surface area contributed by atoms with Crippen LogP contribution < -0.4 is 16.0 Å². The first-order chi connectivity index (χ1) is 19.8. The number of thioether (sulfide) groups is 1. The number of carbonyl (C=O) groups excluding carboxylic acids is 3. The Kier molecular flexibility index (Phi) is 10.5. The third-order valence-corrected chi connectivity index (χ3v) is 7.59. The Morgan fingerprint density at radius 3 is 2.02 bits per heavy atom. The van der Waals surface area contributed by atoms with Crippen molar-refractivity contribution >= 4 is 62.9 Å². The minimum Gasteiger partial charge on any atom is -0.325 e. The molecule has 4 aromatic rings. The summed E-state index contributed by atoms with van der Waals surface area (Å²) < 4.78 is 0.943. The summed E-state index contributed by atoms with van der Waals surface area (Å²) in [4.78, 5) is 39.4. The third-order valence-electron chi connectivity index (χ3n) is 6.05. The van der Waals surface area contributed by atoms with Crippen molar-refractivity contribution in [3.05, 3.63) is 130 Å². The number of hydrogen-bond acceptors (Lipinski definition) is 4. The molecular weight excluding hydrogens is 598 g/mol. The molecule has 0 saturated carbocycles. The zero-order valence-electron chi connectivity index (χ0n) is 22.7. The van der Waals surface area contributed by atoms with E-state index in [0.29, 0.717) is 17.2 Å². The summed E-state index contributed by atoms with van der Waals surface area (Å²) in [5, 5.41) is 8.50. The molecular formula is C33H30BrN3O3S. The maximum Gasteiger partial charge on any atom is 0.272 e. The SMILES string of the molecule is CC(C)c1ccc(/C=C(\NC(=O)c2ccccc2)C(=O)Nc2ccc(SCC(=O)Nc3ccc(Br)cc3)cc2)cc1. The zero-order valence-corrected chi connectivity index (χ0v) is 25.1. The number of carbonyl (C=O) groups is 3. The van der Waals surface area contributed by atoms with Gasteiger partial charge < -0.3 is 16.0 Å². The van der Waals surface area contributed by atoms with Crippen molar-refractivity contribution in [3.8, 4) is 0 Å². The number of halogens is 1. The molecule has 208 valence electrons. The Hall–Kier alpha value is -4.14. The van der Waals surface area contributed by atoms with Gasteiger partial charge in [-0.2, -0.15) is 0 Å². The highest BCUT2D eigenvalue weighted by Crippen LogP contribution is 2.22. The summed E-state index contributed by atoms with van der Waals surface area (Å²) in [5.74, 6) is -0.304. The van der Waals surface area contributed by atoms with Crippen molar-refractivity contribution in [2.24, 2.45) is 0 Å². The second-order valence-electron chi connectivity index (χ2n) is 9.52. The molecule has 0 radical (unpaired) electrons. The lowest BCUT2D eigenvalue weighted by atomic mass is 10.0. The number of nitrogens with one attached hydrogen (secondary N) is 3. The van der Waals surface area contributed by atoms with Crippen LogP contribution in [-0.2, 0) is 9.59 Å². The average Bonchev–Trinajstić information content (AvgIpc) is 2.98. The van der Waals surface area contributed by atoms with E-state index < -0.39 is 5.91 Å². The van der Waals surface area contributed by atoms with Crippen LogP contribution in [0.1, 0.15) is 41.3 Å². The zero-order chi connectivity index (χ0) is 29.2. The molecule has 3 N–H and O–H groups in total. The second kappa shape index (κ2) is 14.5. The Balaban J connectivity index is 1.41. The van der Waals surface area contributed by atoms with Gasteiger partial charge in [-0.3, -0.25) is 14.4 Å². The number of amides is 3. The minimum absolute atomic E-state index is 0.111. The van der Waals surface area contributed by atoms with Crippen molar-refractivity contribution < 1.29 is 14.4 Å². The first kappa shape index (κ1) is 29.8. The van der Waals surface area contributed by atoms with Gasteiger partial charge >= 0.3 is 0 Å². The highest BCUT2D eigenvalue weighted by Gasteiger charge is 2.15. The van der Waals surface area contributed by atoms with Crippen molar-refractivity contribution in [3.63, 3.8) is 0 Å². The van der Waals surface area contributed by atoms with Crippen LogP contribution in [0, 0.1) is 0 Å². The molecule has 6 nitrogen and oxygen atoms in total. The maximum absolute atomic E-state index is 13.3. The van der Waals surface area contributed by atoms with E-state index in [1.54, 1.807) is 42.5 Å². The number of benzene rings is 4. The molecule has 0 fully saturated rings. The van der Waals surface area contributed by atoms with E-state index in [0.717, 1.165) is 20.6 Å². The van der Waals surface area contributed by atoms with E-state index in [9.17, 15) is 14.4 Å². The molecule has 8 heteroatoms. The molecule has 0 aliphatic carbocycles. The van der Waals surface area contributed by atoms with Gasteiger partial charge in [-0.05, 0) is 83.8 Å². The Morgan fingerprint density at radius 1 is 0.780 bits per heavy atom. The lowest BCUT2D eigenvalue weighted by molar-refractivity contribution is -0.114. The van der Waals surface area contributed by atoms with E-state index in [-0.39, 0.29) is 23.3 Å². The van der Waals surface area contributed by atoms with Gasteiger partial charge in [0.25, 0.3) is 11.8 Å². The molecule has 0 aliphatic heterocycles. The van der Waals surface area contributed by atoms with Crippen molar-refractivity contribution in [1.29, 1.82) is 0 Å². The van der Waals surface area contributed by atoms with Crippen LogP contribution in [0.4, 0.5) is 11.4 Å². The largest absolute Gasteiger partial charge is 0.325 e. The van der Waals surface area contributed by atoms with Gasteiger partial charge in [0.1, 0.15) is 5.70 Å². The lowest BCUT2D eigenvalue weighted by Gasteiger charge is -2.12. The van der Waals surface area contributed by atoms with E-state index in [4.69, 9.17) is 0 Å². The van der Waals surface area contributed by atoms with Crippen LogP contribution in [-0.4, -0.2) is 23.5 Å². The van der Waals surface area contributed by atoms with Gasteiger partial charge in [-0.1, -0.05) is 72.2 Å². The van der Waals surface area contributed by atoms with Crippen molar-refractivity contribution in [1.82, 2.24) is 5.32 Å². The van der Waals surface area contributed by atoms with Gasteiger partial charge in [-0.25, -0.2) is 0 Å². The van der Waals surface area contributed by atoms with Crippen LogP contribution in [0.25, 0.3) is 6.08 Å². The third kappa shape index (κ3) is 9.20. The summed E-state index contributed by atoms with van der Waals surface area (Å²) in [6.45, 7) is 4.23. The lowest BCUT2D eigenvalue weighted by Crippen LogP contribution is -2.30. The number of rotatable bonds is 10. The standard InChI is InChI=1S/C33H30BrN3O3S/c1-22(2)24-10-8-23(9-11-24)20-30(37-32(39)25-6-4-3-5-7-25)33(40)36-28-16-18-29(19-17-28)41-21-31(38)35-27-14-12-26(34)13-15-27/h3-20,22H,21H2,1-2H3,(H,35,38)(H,36,40)(H,37,39)/b30-20-. The predicted molar refractivity (Wildman–Crippen MR) is 171 cm³/mol. The molecule has 0 aliphatic rings. The normalized spacial score (nSPS) is 11.2. The maximum atomic E-state index is 13.3. The summed E-state index contributed by atoms with van der Waals surface area (Å²) in [7, 11) is 0. The molecule has 0 saturated heterocycles. The fraction of sp³-hybridized carbons (Fsp3) is 0.121. The van der Waals surface area contributed by atoms with Crippen molar-refractivity contribution in [2.45, 2.75) is 24.7 Å². The van der Waals surface area contributed by atoms with Gasteiger partial charge in [0, 0.05) is 26.3 Å². The molecule has 4 aromatic carbocycles. The highest BCUT2D eigenvalue weighted by molar-refractivity contribution is 9.10. The van der Waals surface area contributed by atoms with E-state index in [1.165, 1.54) is 17.3 Å². The smallest absolute Gasteiger partial charge is 0.272 e. The molecule has 41 heavy (non-hydrogen) atoms. The Bertz CT molecular complexity index is 1520. The fourth-order valence-corrected chi connectivity index (χ4v) is 4.76. The monoisotopic (exact) mass is 627 g/mol. The fourth-order valence-electron chi connectivity index (χ4n) is 3.80. The summed E-state index contributed by atoms with van der Waals surface area (Å²) in [6, 6.07) is 31.2. The van der Waals surface area contributed by atoms with Gasteiger partial charge in [0.15, 0.2) is 0 Å². The average molecular weight is 629 g/mol. The van der Waals surface area contributed by atoms with Crippen LogP contribution in [0.15, 0.2) is 118 Å². The molecule has 0 aromatic heterocycles. The van der Waals surface area contributed by atoms with Crippen LogP contribution >= 0.6 is 27.7 Å². The predicted octanol–water partition coefficient (Wildman–Crippen LogP) is 7.71. The molecule has 0 spiro atoms. The second-order valence-corrected chi connectivity index (χ2v) is 11.5. The highest BCUT2D eigenvalue weighted by atomic mass is 79.9. The Morgan fingerprint density at radius 2 is 1.39 bits per heavy atom. The Labute approximate surface area is 252 Å². The molecule has 0 unspecified atom stereocenters. The summed E-state index contributed by atoms with van der Waals surface area (Å²) >= 11 is 4.77. The van der Waals surface area contributed by atoms with Gasteiger partial charge in [-0.15, -0.1) is 11.8 Å². The number of anilines is 2. The summed E-state index contributed by atoms with van der Waals surface area (Å²) in [6.07, 6.45) is 1.66. The molecule has 4 rings (SSSR count).